The Morgan fingerprint density at radius 1 is 0.222 bits per heavy atom. The summed E-state index contributed by atoms with van der Waals surface area (Å²) in [6.45, 7) is 32.5. The normalized spacial score (nSPS) is 2.67. The molecule has 0 N–H and O–H groups in total. The first-order valence-electron chi connectivity index (χ1n) is 8.83. The first kappa shape index (κ1) is 183. The Morgan fingerprint density at radius 2 is 0.222 bits per heavy atom. The number of hydrogen-bond acceptors (Lipinski definition) is 0. The molecule has 0 heteroatoms. The molecule has 0 saturated heterocycles. The van der Waals surface area contributed by atoms with Gasteiger partial charge in [-0.1, -0.05) is 190 Å². The number of rotatable bonds is 0. The lowest BCUT2D eigenvalue weighted by atomic mass is 10.6. The van der Waals surface area contributed by atoms with Gasteiger partial charge in [0.25, 0.3) is 0 Å². The summed E-state index contributed by atoms with van der Waals surface area (Å²) in [5.41, 5.74) is 0. The van der Waals surface area contributed by atoms with Gasteiger partial charge in [0, 0.05) is 0 Å². The molecular formula is C27H88. The monoisotopic (exact) mass is 413 g/mol. The van der Waals surface area contributed by atoms with E-state index >= 15 is 0 Å². The molecule has 0 aromatic rings. The summed E-state index contributed by atoms with van der Waals surface area (Å²) in [6.07, 6.45) is 2.50. The zero-order chi connectivity index (χ0) is 17.4. The first-order valence-corrected chi connectivity index (χ1v) is 8.83. The molecule has 0 rings (SSSR count). The van der Waals surface area contributed by atoms with Gasteiger partial charge in [-0.15, -0.1) is 0 Å². The summed E-state index contributed by atoms with van der Waals surface area (Å²) < 4.78 is 0. The predicted molar refractivity (Wildman–Crippen MR) is 161 cm³/mol. The Hall–Kier alpha value is 0. The Morgan fingerprint density at radius 3 is 0.222 bits per heavy atom. The zero-order valence-corrected chi connectivity index (χ0v) is 17.4. The van der Waals surface area contributed by atoms with Crippen LogP contribution < -0.4 is 0 Å². The van der Waals surface area contributed by atoms with E-state index < -0.39 is 0 Å². The van der Waals surface area contributed by atoms with Gasteiger partial charge >= 0.3 is 0 Å². The van der Waals surface area contributed by atoms with E-state index in [1.54, 1.807) is 0 Å². The molecule has 0 aliphatic carbocycles. The topological polar surface area (TPSA) is 0 Å². The molecule has 0 atom stereocenters. The lowest BCUT2D eigenvalue weighted by molar-refractivity contribution is 1.09. The lowest BCUT2D eigenvalue weighted by Crippen LogP contribution is -1.27. The molecule has 0 amide bonds. The van der Waals surface area contributed by atoms with Crippen molar-refractivity contribution in [2.75, 3.05) is 0 Å². The molecule has 0 saturated carbocycles. The molecule has 0 aromatic carbocycles. The van der Waals surface area contributed by atoms with Gasteiger partial charge in [0.1, 0.15) is 0 Å². The van der Waals surface area contributed by atoms with E-state index in [9.17, 15) is 0 Å². The molecule has 0 heterocycles. The highest BCUT2D eigenvalue weighted by molar-refractivity contribution is 3.92. The van der Waals surface area contributed by atoms with E-state index in [-0.39, 0.29) is 66.8 Å². The Kier molecular flexibility index (Phi) is 27500. The van der Waals surface area contributed by atoms with Gasteiger partial charge in [-0.3, -0.25) is 0 Å². The summed E-state index contributed by atoms with van der Waals surface area (Å²) in [6, 6.07) is 0. The van der Waals surface area contributed by atoms with Crippen LogP contribution in [-0.2, 0) is 0 Å². The van der Waals surface area contributed by atoms with Crippen molar-refractivity contribution < 1.29 is 0 Å². The molecule has 0 nitrogen and oxygen atoms in total. The average Bonchev–Trinajstić information content (AvgIpc) is 2.52. The van der Waals surface area contributed by atoms with Crippen LogP contribution >= 0.6 is 0 Å². The van der Waals surface area contributed by atoms with Gasteiger partial charge in [-0.05, 0) is 0 Å². The molecule has 0 aliphatic heterocycles. The van der Waals surface area contributed by atoms with Crippen LogP contribution in [0.3, 0.4) is 0 Å². The second-order valence-corrected chi connectivity index (χ2v) is 1.41. The van der Waals surface area contributed by atoms with Gasteiger partial charge in [-0.25, -0.2) is 0 Å². The van der Waals surface area contributed by atoms with Crippen LogP contribution in [0.2, 0.25) is 0 Å². The van der Waals surface area contributed by atoms with Crippen molar-refractivity contribution in [2.45, 2.75) is 190 Å². The van der Waals surface area contributed by atoms with Crippen molar-refractivity contribution in [1.82, 2.24) is 0 Å². The van der Waals surface area contributed by atoms with Gasteiger partial charge < -0.3 is 0 Å². The van der Waals surface area contributed by atoms with Crippen LogP contribution in [-0.4, -0.2) is 0 Å². The van der Waals surface area contributed by atoms with Crippen molar-refractivity contribution >= 4 is 0 Å². The lowest BCUT2D eigenvalue weighted by Gasteiger charge is -1.48. The molecule has 0 fully saturated rings. The summed E-state index contributed by atoms with van der Waals surface area (Å²) in [4.78, 5) is 0. The van der Waals surface area contributed by atoms with E-state index in [1.807, 2.05) is 83.1 Å². The van der Waals surface area contributed by atoms with Crippen LogP contribution in [0.5, 0.6) is 0 Å². The highest BCUT2D eigenvalue weighted by Crippen LogP contribution is 1.56. The third kappa shape index (κ3) is 0. The van der Waals surface area contributed by atoms with E-state index in [0.717, 1.165) is 0 Å². The highest BCUT2D eigenvalue weighted by Gasteiger charge is 1.36. The average molecular weight is 413 g/mol. The maximum absolute atomic E-state index is 2.12. The van der Waals surface area contributed by atoms with Crippen molar-refractivity contribution in [3.05, 3.63) is 0 Å². The maximum Gasteiger partial charge on any atom is -0.0590 e. The molecule has 0 spiro atoms. The van der Waals surface area contributed by atoms with Crippen molar-refractivity contribution in [3.63, 3.8) is 0 Å². The molecule has 27 heavy (non-hydrogen) atoms. The van der Waals surface area contributed by atoms with E-state index in [1.165, 1.54) is 12.8 Å². The van der Waals surface area contributed by atoms with Crippen LogP contribution in [0.15, 0.2) is 0 Å². The Balaban J connectivity index is -0.00000000271. The van der Waals surface area contributed by atoms with Gasteiger partial charge in [0.15, 0.2) is 0 Å². The summed E-state index contributed by atoms with van der Waals surface area (Å²) >= 11 is 0. The largest absolute Gasteiger partial charge is 0.0776 e. The predicted octanol–water partition coefficient (Wildman–Crippen LogP) is 14.7. The van der Waals surface area contributed by atoms with E-state index in [0.29, 0.717) is 0 Å². The minimum Gasteiger partial charge on any atom is -0.0776 e. The highest BCUT2D eigenvalue weighted by atomic mass is 13.4. The Labute approximate surface area is 190 Å². The second-order valence-electron chi connectivity index (χ2n) is 1.41. The van der Waals surface area contributed by atoms with Gasteiger partial charge in [0.05, 0.1) is 0 Å². The summed E-state index contributed by atoms with van der Waals surface area (Å²) in [5.74, 6) is 0. The minimum absolute atomic E-state index is 0. The van der Waals surface area contributed by atoms with Gasteiger partial charge in [0.2, 0.25) is 0 Å². The third-order valence-electron chi connectivity index (χ3n) is 0. The molecule has 0 aromatic heterocycles. The van der Waals surface area contributed by atoms with Crippen LogP contribution in [0, 0.1) is 0 Å². The molecular weight excluding hydrogens is 324 g/mol. The zero-order valence-electron chi connectivity index (χ0n) is 17.4. The fourth-order valence-electron chi connectivity index (χ4n) is 0. The second kappa shape index (κ2) is 4060. The fourth-order valence-corrected chi connectivity index (χ4v) is 0. The number of hydrogen-bond donors (Lipinski definition) is 0. The van der Waals surface area contributed by atoms with Crippen molar-refractivity contribution in [2.24, 2.45) is 0 Å². The van der Waals surface area contributed by atoms with E-state index in [4.69, 9.17) is 0 Å². The molecule has 0 aliphatic rings. The minimum atomic E-state index is 0. The quantitative estimate of drug-likeness (QED) is 0.371. The van der Waals surface area contributed by atoms with Crippen LogP contribution in [0.1, 0.15) is 190 Å². The SMILES string of the molecule is C.C.C.C.C.C.C.C.C.CC.CC.CC.CC.CC.CC.CCC.CCC. The summed E-state index contributed by atoms with van der Waals surface area (Å²) in [5, 5.41) is 0. The standard InChI is InChI=1S/2C3H8.6C2H6.9CH4/c2*1-3-2;6*1-2;;;;;;;;;/h2*3H2,1-2H3;6*1-2H3;9*1H4. The molecule has 0 unspecified atom stereocenters. The molecule has 0 radical (unpaired) electrons. The van der Waals surface area contributed by atoms with Gasteiger partial charge in [-0.2, -0.15) is 0 Å². The van der Waals surface area contributed by atoms with Crippen molar-refractivity contribution in [3.8, 4) is 0 Å². The molecule has 196 valence electrons. The third-order valence-corrected chi connectivity index (χ3v) is 0. The van der Waals surface area contributed by atoms with Crippen molar-refractivity contribution in [1.29, 1.82) is 0 Å². The first-order chi connectivity index (χ1) is 8.83. The van der Waals surface area contributed by atoms with E-state index in [2.05, 4.69) is 27.7 Å². The Bertz CT molecular complexity index is 2.00. The fraction of sp³-hybridized carbons (Fsp3) is 1.00. The summed E-state index contributed by atoms with van der Waals surface area (Å²) in [7, 11) is 0. The van der Waals surface area contributed by atoms with Crippen LogP contribution in [0.25, 0.3) is 0 Å². The molecule has 0 bridgehead atoms. The van der Waals surface area contributed by atoms with Crippen LogP contribution in [0.4, 0.5) is 0 Å². The smallest absolute Gasteiger partial charge is 0.0590 e. The maximum atomic E-state index is 2.12.